The monoisotopic (exact) mass is 298 g/mol. The number of rotatable bonds is 6. The Balaban J connectivity index is 2.79. The molecule has 0 N–H and O–H groups in total. The third kappa shape index (κ3) is 5.20. The molecular weight excluding hydrogens is 279 g/mol. The van der Waals surface area contributed by atoms with E-state index in [9.17, 15) is 4.79 Å². The molecule has 1 aromatic rings. The molecule has 0 aromatic heterocycles. The summed E-state index contributed by atoms with van der Waals surface area (Å²) in [5, 5.41) is 1.17. The number of hydrogen-bond acceptors (Lipinski definition) is 2. The third-order valence-electron chi connectivity index (χ3n) is 2.26. The van der Waals surface area contributed by atoms with Gasteiger partial charge in [-0.1, -0.05) is 0 Å². The summed E-state index contributed by atoms with van der Waals surface area (Å²) < 4.78 is 5.83. The summed E-state index contributed by atoms with van der Waals surface area (Å²) in [4.78, 5) is 11.3. The van der Waals surface area contributed by atoms with Crippen molar-refractivity contribution in [1.82, 2.24) is 0 Å². The summed E-state index contributed by atoms with van der Waals surface area (Å²) >= 11 is 0.339. The SMILES string of the molecule is CCCC[Se]/C(=C\C(=O)OC)c1ccccc1. The van der Waals surface area contributed by atoms with Crippen molar-refractivity contribution < 1.29 is 9.53 Å². The van der Waals surface area contributed by atoms with E-state index in [1.807, 2.05) is 30.3 Å². The van der Waals surface area contributed by atoms with Gasteiger partial charge in [0.05, 0.1) is 0 Å². The van der Waals surface area contributed by atoms with E-state index in [1.54, 1.807) is 6.08 Å². The molecule has 0 saturated carbocycles. The van der Waals surface area contributed by atoms with Crippen LogP contribution in [0.1, 0.15) is 25.3 Å². The topological polar surface area (TPSA) is 26.3 Å². The number of carbonyl (C=O) groups excluding carboxylic acids is 1. The summed E-state index contributed by atoms with van der Waals surface area (Å²) in [6.07, 6.45) is 4.04. The predicted octanol–water partition coefficient (Wildman–Crippen LogP) is 3.12. The molecule has 0 aliphatic carbocycles. The second kappa shape index (κ2) is 8.10. The van der Waals surface area contributed by atoms with E-state index in [2.05, 4.69) is 6.92 Å². The van der Waals surface area contributed by atoms with Crippen molar-refractivity contribution in [1.29, 1.82) is 0 Å². The van der Waals surface area contributed by atoms with Crippen LogP contribution in [0, 0.1) is 0 Å². The first-order valence-electron chi connectivity index (χ1n) is 5.75. The predicted molar refractivity (Wildman–Crippen MR) is 71.9 cm³/mol. The van der Waals surface area contributed by atoms with Gasteiger partial charge in [0.2, 0.25) is 0 Å². The maximum atomic E-state index is 11.3. The molecule has 3 heteroatoms. The van der Waals surface area contributed by atoms with Crippen molar-refractivity contribution in [3.05, 3.63) is 42.0 Å². The van der Waals surface area contributed by atoms with Gasteiger partial charge in [-0.2, -0.15) is 0 Å². The molecule has 0 amide bonds. The molecule has 0 unspecified atom stereocenters. The van der Waals surface area contributed by atoms with Crippen molar-refractivity contribution in [2.24, 2.45) is 0 Å². The molecule has 17 heavy (non-hydrogen) atoms. The minimum atomic E-state index is -0.262. The molecule has 0 aliphatic rings. The normalized spacial score (nSPS) is 11.3. The van der Waals surface area contributed by atoms with Crippen LogP contribution in [-0.4, -0.2) is 28.0 Å². The molecule has 0 spiro atoms. The first kappa shape index (κ1) is 14.0. The minimum absolute atomic E-state index is 0.262. The molecule has 0 fully saturated rings. The van der Waals surface area contributed by atoms with E-state index in [0.29, 0.717) is 15.0 Å². The molecule has 0 aliphatic heterocycles. The van der Waals surface area contributed by atoms with Gasteiger partial charge in [-0.3, -0.25) is 0 Å². The second-order valence-corrected chi connectivity index (χ2v) is 5.98. The van der Waals surface area contributed by atoms with Crippen LogP contribution in [0.25, 0.3) is 4.47 Å². The zero-order chi connectivity index (χ0) is 12.5. The number of esters is 1. The number of carbonyl (C=O) groups is 1. The Kier molecular flexibility index (Phi) is 6.68. The fourth-order valence-corrected chi connectivity index (χ4v) is 3.68. The van der Waals surface area contributed by atoms with Crippen molar-refractivity contribution >= 4 is 25.4 Å². The van der Waals surface area contributed by atoms with E-state index in [-0.39, 0.29) is 5.97 Å². The fraction of sp³-hybridized carbons (Fsp3) is 0.357. The molecule has 0 radical (unpaired) electrons. The number of methoxy groups -OCH3 is 1. The number of unbranched alkanes of at least 4 members (excludes halogenated alkanes) is 1. The summed E-state index contributed by atoms with van der Waals surface area (Å²) in [5.74, 6) is -0.262. The second-order valence-electron chi connectivity index (χ2n) is 3.60. The first-order chi connectivity index (χ1) is 8.27. The van der Waals surface area contributed by atoms with Crippen LogP contribution in [0.4, 0.5) is 0 Å². The molecule has 0 saturated heterocycles. The molecule has 0 atom stereocenters. The summed E-state index contributed by atoms with van der Waals surface area (Å²) in [7, 11) is 1.42. The molecule has 1 aromatic carbocycles. The molecule has 2 nitrogen and oxygen atoms in total. The van der Waals surface area contributed by atoms with Gasteiger partial charge in [-0.15, -0.1) is 0 Å². The van der Waals surface area contributed by atoms with Crippen LogP contribution < -0.4 is 0 Å². The Morgan fingerprint density at radius 1 is 1.35 bits per heavy atom. The van der Waals surface area contributed by atoms with Crippen LogP contribution in [0.15, 0.2) is 36.4 Å². The van der Waals surface area contributed by atoms with E-state index in [1.165, 1.54) is 25.3 Å². The van der Waals surface area contributed by atoms with E-state index < -0.39 is 0 Å². The zero-order valence-corrected chi connectivity index (χ0v) is 12.0. The van der Waals surface area contributed by atoms with Crippen molar-refractivity contribution in [2.45, 2.75) is 25.1 Å². The standard InChI is InChI=1S/C14H18O2Se/c1-3-4-10-17-13(11-14(15)16-2)12-8-6-5-7-9-12/h5-9,11H,3-4,10H2,1-2H3/b13-11-. The van der Waals surface area contributed by atoms with Gasteiger partial charge >= 0.3 is 109 Å². The number of benzene rings is 1. The van der Waals surface area contributed by atoms with Crippen molar-refractivity contribution in [2.75, 3.05) is 7.11 Å². The van der Waals surface area contributed by atoms with Crippen LogP contribution in [0.2, 0.25) is 5.32 Å². The molecule has 92 valence electrons. The van der Waals surface area contributed by atoms with Crippen LogP contribution in [-0.2, 0) is 9.53 Å². The van der Waals surface area contributed by atoms with Gasteiger partial charge in [0.25, 0.3) is 0 Å². The summed E-state index contributed by atoms with van der Waals surface area (Å²) in [6, 6.07) is 10.1. The van der Waals surface area contributed by atoms with Gasteiger partial charge < -0.3 is 0 Å². The van der Waals surface area contributed by atoms with Crippen molar-refractivity contribution in [3.8, 4) is 0 Å². The Morgan fingerprint density at radius 3 is 2.65 bits per heavy atom. The molecule has 0 heterocycles. The van der Waals surface area contributed by atoms with Gasteiger partial charge in [-0.05, 0) is 0 Å². The third-order valence-corrected chi connectivity index (χ3v) is 4.69. The average molecular weight is 297 g/mol. The van der Waals surface area contributed by atoms with Crippen LogP contribution in [0.5, 0.6) is 0 Å². The molecule has 1 rings (SSSR count). The van der Waals surface area contributed by atoms with Gasteiger partial charge in [0.1, 0.15) is 0 Å². The Hall–Kier alpha value is -1.05. The van der Waals surface area contributed by atoms with Crippen LogP contribution >= 0.6 is 0 Å². The average Bonchev–Trinajstić information content (AvgIpc) is 2.38. The molecule has 0 bridgehead atoms. The van der Waals surface area contributed by atoms with Gasteiger partial charge in [0, 0.05) is 0 Å². The first-order valence-corrected chi connectivity index (χ1v) is 7.82. The van der Waals surface area contributed by atoms with E-state index in [0.717, 1.165) is 10.0 Å². The van der Waals surface area contributed by atoms with Crippen molar-refractivity contribution in [3.63, 3.8) is 0 Å². The van der Waals surface area contributed by atoms with E-state index in [4.69, 9.17) is 4.74 Å². The Labute approximate surface area is 109 Å². The Morgan fingerprint density at radius 2 is 2.06 bits per heavy atom. The zero-order valence-electron chi connectivity index (χ0n) is 10.3. The maximum absolute atomic E-state index is 11.3. The van der Waals surface area contributed by atoms with Crippen LogP contribution in [0.3, 0.4) is 0 Å². The van der Waals surface area contributed by atoms with E-state index >= 15 is 0 Å². The van der Waals surface area contributed by atoms with Gasteiger partial charge in [0.15, 0.2) is 0 Å². The fourth-order valence-electron chi connectivity index (χ4n) is 1.30. The quantitative estimate of drug-likeness (QED) is 0.349. The summed E-state index contributed by atoms with van der Waals surface area (Å²) in [6.45, 7) is 2.18. The number of ether oxygens (including phenoxy) is 1. The molecular formula is C14H18O2Se. The van der Waals surface area contributed by atoms with Gasteiger partial charge in [-0.25, -0.2) is 0 Å². The Bertz CT molecular complexity index is 371. The number of hydrogen-bond donors (Lipinski definition) is 0. The summed E-state index contributed by atoms with van der Waals surface area (Å²) in [5.41, 5.74) is 1.13.